The van der Waals surface area contributed by atoms with Gasteiger partial charge in [0.25, 0.3) is 0 Å². The number of likely N-dealkylation sites (tertiary alicyclic amines) is 1. The van der Waals surface area contributed by atoms with E-state index in [0.717, 1.165) is 42.8 Å². The fourth-order valence-corrected chi connectivity index (χ4v) is 3.23. The average Bonchev–Trinajstić information content (AvgIpc) is 2.81. The van der Waals surface area contributed by atoms with Crippen LogP contribution < -0.4 is 5.32 Å². The lowest BCUT2D eigenvalue weighted by molar-refractivity contribution is 0.191. The first kappa shape index (κ1) is 15.9. The van der Waals surface area contributed by atoms with Gasteiger partial charge in [-0.05, 0) is 43.1 Å². The van der Waals surface area contributed by atoms with Crippen molar-refractivity contribution in [3.05, 3.63) is 34.1 Å². The Kier molecular flexibility index (Phi) is 6.42. The zero-order valence-electron chi connectivity index (χ0n) is 11.9. The van der Waals surface area contributed by atoms with Crippen LogP contribution in [0.15, 0.2) is 22.7 Å². The highest BCUT2D eigenvalue weighted by molar-refractivity contribution is 9.10. The molecular weight excluding hydrogens is 323 g/mol. The van der Waals surface area contributed by atoms with Gasteiger partial charge in [-0.25, -0.2) is 4.39 Å². The zero-order valence-corrected chi connectivity index (χ0v) is 13.5. The van der Waals surface area contributed by atoms with Crippen LogP contribution in [0.1, 0.15) is 18.4 Å². The summed E-state index contributed by atoms with van der Waals surface area (Å²) in [5.41, 5.74) is 1.03. The van der Waals surface area contributed by atoms with Crippen LogP contribution in [-0.4, -0.2) is 44.3 Å². The van der Waals surface area contributed by atoms with Crippen LogP contribution >= 0.6 is 15.9 Å². The van der Waals surface area contributed by atoms with E-state index in [0.29, 0.717) is 6.04 Å². The molecule has 1 N–H and O–H groups in total. The smallest absolute Gasteiger partial charge is 0.124 e. The molecule has 0 amide bonds. The summed E-state index contributed by atoms with van der Waals surface area (Å²) in [4.78, 5) is 2.43. The molecule has 1 saturated heterocycles. The van der Waals surface area contributed by atoms with E-state index < -0.39 is 0 Å². The van der Waals surface area contributed by atoms with Crippen LogP contribution in [0.5, 0.6) is 0 Å². The fraction of sp³-hybridized carbons (Fsp3) is 0.600. The average molecular weight is 345 g/mol. The van der Waals surface area contributed by atoms with Crippen LogP contribution in [0.4, 0.5) is 4.39 Å². The maximum Gasteiger partial charge on any atom is 0.124 e. The number of benzene rings is 1. The molecule has 1 aliphatic rings. The Balaban J connectivity index is 1.87. The van der Waals surface area contributed by atoms with Crippen molar-refractivity contribution in [3.8, 4) is 0 Å². The molecule has 1 atom stereocenters. The Labute approximate surface area is 128 Å². The number of hydrogen-bond donors (Lipinski definition) is 1. The number of methoxy groups -OCH3 is 1. The van der Waals surface area contributed by atoms with Gasteiger partial charge in [0, 0.05) is 37.3 Å². The Morgan fingerprint density at radius 3 is 3.05 bits per heavy atom. The lowest BCUT2D eigenvalue weighted by atomic mass is 10.1. The van der Waals surface area contributed by atoms with Crippen molar-refractivity contribution in [2.45, 2.75) is 25.4 Å². The molecule has 1 aliphatic heterocycles. The SMILES string of the molecule is COCCNCC1CCCN1Cc1cc(F)cc(Br)c1. The lowest BCUT2D eigenvalue weighted by Crippen LogP contribution is -2.38. The third-order valence-electron chi connectivity index (χ3n) is 3.67. The van der Waals surface area contributed by atoms with Gasteiger partial charge >= 0.3 is 0 Å². The summed E-state index contributed by atoms with van der Waals surface area (Å²) in [6.07, 6.45) is 2.42. The van der Waals surface area contributed by atoms with Gasteiger partial charge in [0.2, 0.25) is 0 Å². The van der Waals surface area contributed by atoms with Crippen molar-refractivity contribution >= 4 is 15.9 Å². The third kappa shape index (κ3) is 4.81. The molecule has 3 nitrogen and oxygen atoms in total. The van der Waals surface area contributed by atoms with Crippen molar-refractivity contribution in [2.75, 3.05) is 33.4 Å². The van der Waals surface area contributed by atoms with E-state index in [1.165, 1.54) is 18.9 Å². The highest BCUT2D eigenvalue weighted by Crippen LogP contribution is 2.22. The van der Waals surface area contributed by atoms with Crippen LogP contribution in [0.3, 0.4) is 0 Å². The summed E-state index contributed by atoms with van der Waals surface area (Å²) in [6.45, 7) is 4.49. The second kappa shape index (κ2) is 8.08. The summed E-state index contributed by atoms with van der Waals surface area (Å²) in [7, 11) is 1.71. The Morgan fingerprint density at radius 1 is 1.45 bits per heavy atom. The van der Waals surface area contributed by atoms with Crippen LogP contribution in [-0.2, 0) is 11.3 Å². The molecule has 1 aromatic carbocycles. The predicted molar refractivity (Wildman–Crippen MR) is 82.3 cm³/mol. The summed E-state index contributed by atoms with van der Waals surface area (Å²) in [6, 6.07) is 5.65. The maximum absolute atomic E-state index is 13.4. The molecule has 1 unspecified atom stereocenters. The van der Waals surface area contributed by atoms with Gasteiger partial charge in [-0.1, -0.05) is 15.9 Å². The van der Waals surface area contributed by atoms with E-state index in [2.05, 4.69) is 26.1 Å². The van der Waals surface area contributed by atoms with E-state index >= 15 is 0 Å². The summed E-state index contributed by atoms with van der Waals surface area (Å²) >= 11 is 3.35. The number of nitrogens with one attached hydrogen (secondary N) is 1. The highest BCUT2D eigenvalue weighted by atomic mass is 79.9. The Hall–Kier alpha value is -0.490. The van der Waals surface area contributed by atoms with E-state index in [4.69, 9.17) is 4.74 Å². The van der Waals surface area contributed by atoms with Crippen molar-refractivity contribution < 1.29 is 9.13 Å². The number of ether oxygens (including phenoxy) is 1. The first-order chi connectivity index (χ1) is 9.69. The molecule has 1 fully saturated rings. The van der Waals surface area contributed by atoms with Crippen molar-refractivity contribution in [2.24, 2.45) is 0 Å². The zero-order chi connectivity index (χ0) is 14.4. The molecule has 0 saturated carbocycles. The standard InChI is InChI=1S/C15H22BrFN2O/c1-20-6-4-18-10-15-3-2-5-19(15)11-12-7-13(16)9-14(17)8-12/h7-9,15,18H,2-6,10-11H2,1H3. The quantitative estimate of drug-likeness (QED) is 0.769. The van der Waals surface area contributed by atoms with E-state index in [1.54, 1.807) is 13.2 Å². The van der Waals surface area contributed by atoms with Gasteiger partial charge in [0.15, 0.2) is 0 Å². The first-order valence-electron chi connectivity index (χ1n) is 7.07. The van der Waals surface area contributed by atoms with E-state index in [-0.39, 0.29) is 5.82 Å². The minimum atomic E-state index is -0.177. The fourth-order valence-electron chi connectivity index (χ4n) is 2.71. The molecule has 0 aliphatic carbocycles. The van der Waals surface area contributed by atoms with Crippen LogP contribution in [0.25, 0.3) is 0 Å². The maximum atomic E-state index is 13.4. The number of nitrogens with zero attached hydrogens (tertiary/aromatic N) is 1. The molecule has 1 aromatic rings. The van der Waals surface area contributed by atoms with Crippen molar-refractivity contribution in [3.63, 3.8) is 0 Å². The Morgan fingerprint density at radius 2 is 2.30 bits per heavy atom. The van der Waals surface area contributed by atoms with Gasteiger partial charge < -0.3 is 10.1 Å². The van der Waals surface area contributed by atoms with Gasteiger partial charge in [-0.2, -0.15) is 0 Å². The highest BCUT2D eigenvalue weighted by Gasteiger charge is 2.24. The molecule has 2 rings (SSSR count). The molecule has 0 radical (unpaired) electrons. The molecule has 20 heavy (non-hydrogen) atoms. The van der Waals surface area contributed by atoms with Crippen molar-refractivity contribution in [1.29, 1.82) is 0 Å². The molecule has 1 heterocycles. The minimum Gasteiger partial charge on any atom is -0.383 e. The Bertz CT molecular complexity index is 410. The minimum absolute atomic E-state index is 0.177. The van der Waals surface area contributed by atoms with Gasteiger partial charge in [-0.3, -0.25) is 4.90 Å². The van der Waals surface area contributed by atoms with E-state index in [9.17, 15) is 4.39 Å². The normalized spacial score (nSPS) is 19.6. The molecule has 5 heteroatoms. The lowest BCUT2D eigenvalue weighted by Gasteiger charge is -2.25. The summed E-state index contributed by atoms with van der Waals surface area (Å²) in [5, 5.41) is 3.42. The molecule has 0 spiro atoms. The largest absolute Gasteiger partial charge is 0.383 e. The van der Waals surface area contributed by atoms with Crippen LogP contribution in [0.2, 0.25) is 0 Å². The van der Waals surface area contributed by atoms with Crippen LogP contribution in [0, 0.1) is 5.82 Å². The summed E-state index contributed by atoms with van der Waals surface area (Å²) in [5.74, 6) is -0.177. The molecule has 0 bridgehead atoms. The molecule has 112 valence electrons. The summed E-state index contributed by atoms with van der Waals surface area (Å²) < 4.78 is 19.3. The number of hydrogen-bond acceptors (Lipinski definition) is 3. The monoisotopic (exact) mass is 344 g/mol. The first-order valence-corrected chi connectivity index (χ1v) is 7.87. The van der Waals surface area contributed by atoms with Gasteiger partial charge in [0.1, 0.15) is 5.82 Å². The predicted octanol–water partition coefficient (Wildman–Crippen LogP) is 2.79. The second-order valence-electron chi connectivity index (χ2n) is 5.24. The topological polar surface area (TPSA) is 24.5 Å². The van der Waals surface area contributed by atoms with E-state index in [1.807, 2.05) is 6.07 Å². The molecular formula is C15H22BrFN2O. The number of rotatable bonds is 7. The number of halogens is 2. The van der Waals surface area contributed by atoms with Gasteiger partial charge in [-0.15, -0.1) is 0 Å². The van der Waals surface area contributed by atoms with Crippen molar-refractivity contribution in [1.82, 2.24) is 10.2 Å². The third-order valence-corrected chi connectivity index (χ3v) is 4.13. The second-order valence-corrected chi connectivity index (χ2v) is 6.16. The molecule has 0 aromatic heterocycles. The van der Waals surface area contributed by atoms with Gasteiger partial charge in [0.05, 0.1) is 6.61 Å².